The van der Waals surface area contributed by atoms with E-state index < -0.39 is 0 Å². The first kappa shape index (κ1) is 18.8. The van der Waals surface area contributed by atoms with E-state index in [2.05, 4.69) is 10.6 Å². The Hall–Kier alpha value is -1.95. The molecule has 0 radical (unpaired) electrons. The van der Waals surface area contributed by atoms with Crippen LogP contribution >= 0.6 is 23.2 Å². The predicted octanol–water partition coefficient (Wildman–Crippen LogP) is 4.60. The molecule has 1 aliphatic rings. The van der Waals surface area contributed by atoms with Gasteiger partial charge in [0.05, 0.1) is 29.0 Å². The third-order valence-electron chi connectivity index (χ3n) is 3.98. The first-order chi connectivity index (χ1) is 12.6. The van der Waals surface area contributed by atoms with E-state index in [1.54, 1.807) is 24.3 Å². The molecule has 26 heavy (non-hydrogen) atoms. The molecule has 2 aromatic rings. The van der Waals surface area contributed by atoms with Crippen LogP contribution in [-0.4, -0.2) is 31.8 Å². The van der Waals surface area contributed by atoms with E-state index in [0.29, 0.717) is 33.8 Å². The number of carbonyl (C=O) groups is 1. The highest BCUT2D eigenvalue weighted by Gasteiger charge is 2.17. The van der Waals surface area contributed by atoms with Gasteiger partial charge in [-0.3, -0.25) is 4.79 Å². The number of benzene rings is 2. The molecule has 2 aromatic carbocycles. The van der Waals surface area contributed by atoms with Gasteiger partial charge in [0.25, 0.3) is 0 Å². The van der Waals surface area contributed by atoms with Gasteiger partial charge < -0.3 is 20.1 Å². The third kappa shape index (κ3) is 5.27. The first-order valence-corrected chi connectivity index (χ1v) is 9.19. The van der Waals surface area contributed by atoms with E-state index >= 15 is 0 Å². The summed E-state index contributed by atoms with van der Waals surface area (Å²) in [6.07, 6.45) is 2.17. The summed E-state index contributed by atoms with van der Waals surface area (Å²) in [6.45, 7) is 1.31. The minimum atomic E-state index is -0.214. The predicted molar refractivity (Wildman–Crippen MR) is 104 cm³/mol. The zero-order valence-electron chi connectivity index (χ0n) is 14.1. The molecule has 1 atom stereocenters. The van der Waals surface area contributed by atoms with E-state index in [-0.39, 0.29) is 18.6 Å². The zero-order chi connectivity index (χ0) is 18.4. The van der Waals surface area contributed by atoms with Crippen molar-refractivity contribution in [3.8, 4) is 5.75 Å². The van der Waals surface area contributed by atoms with Crippen molar-refractivity contribution in [1.29, 1.82) is 0 Å². The van der Waals surface area contributed by atoms with E-state index in [1.807, 2.05) is 18.2 Å². The molecule has 7 heteroatoms. The first-order valence-electron chi connectivity index (χ1n) is 8.44. The molecular weight excluding hydrogens is 375 g/mol. The highest BCUT2D eigenvalue weighted by Crippen LogP contribution is 2.26. The Labute approximate surface area is 162 Å². The molecule has 1 amide bonds. The standard InChI is InChI=1S/C19H20Cl2N2O3/c20-13-7-8-15(21)17(10-13)22-11-19(24)23-16-5-1-2-6-18(16)26-12-14-4-3-9-25-14/h1-2,5-8,10,14,22H,3-4,9,11-12H2,(H,23,24). The molecule has 1 saturated heterocycles. The molecule has 0 bridgehead atoms. The zero-order valence-corrected chi connectivity index (χ0v) is 15.6. The van der Waals surface area contributed by atoms with Crippen molar-refractivity contribution in [2.75, 3.05) is 30.4 Å². The fraction of sp³-hybridized carbons (Fsp3) is 0.316. The monoisotopic (exact) mass is 394 g/mol. The maximum Gasteiger partial charge on any atom is 0.243 e. The summed E-state index contributed by atoms with van der Waals surface area (Å²) in [6, 6.07) is 12.4. The second-order valence-electron chi connectivity index (χ2n) is 5.97. The summed E-state index contributed by atoms with van der Waals surface area (Å²) in [5.41, 5.74) is 1.23. The fourth-order valence-electron chi connectivity index (χ4n) is 2.66. The van der Waals surface area contributed by atoms with Crippen molar-refractivity contribution in [3.63, 3.8) is 0 Å². The number of ether oxygens (including phenoxy) is 2. The fourth-order valence-corrected chi connectivity index (χ4v) is 3.01. The van der Waals surface area contributed by atoms with Gasteiger partial charge in [0, 0.05) is 11.6 Å². The van der Waals surface area contributed by atoms with Gasteiger partial charge in [0.15, 0.2) is 0 Å². The maximum atomic E-state index is 12.3. The third-order valence-corrected chi connectivity index (χ3v) is 4.54. The van der Waals surface area contributed by atoms with Gasteiger partial charge in [0.2, 0.25) is 5.91 Å². The van der Waals surface area contributed by atoms with Crippen LogP contribution in [0.25, 0.3) is 0 Å². The van der Waals surface area contributed by atoms with E-state index in [4.69, 9.17) is 32.7 Å². The highest BCUT2D eigenvalue weighted by atomic mass is 35.5. The molecule has 1 aliphatic heterocycles. The van der Waals surface area contributed by atoms with Crippen LogP contribution in [0.3, 0.4) is 0 Å². The summed E-state index contributed by atoms with van der Waals surface area (Å²) in [5.74, 6) is 0.409. The molecule has 5 nitrogen and oxygen atoms in total. The molecule has 0 spiro atoms. The lowest BCUT2D eigenvalue weighted by Crippen LogP contribution is -2.23. The summed E-state index contributed by atoms with van der Waals surface area (Å²) in [5, 5.41) is 6.88. The second-order valence-corrected chi connectivity index (χ2v) is 6.81. The number of amides is 1. The normalized spacial score (nSPS) is 16.3. The molecule has 0 saturated carbocycles. The summed E-state index contributed by atoms with van der Waals surface area (Å²) >= 11 is 12.0. The molecule has 0 aliphatic carbocycles. The van der Waals surface area contributed by atoms with E-state index in [1.165, 1.54) is 0 Å². The van der Waals surface area contributed by atoms with Crippen LogP contribution in [0.1, 0.15) is 12.8 Å². The minimum absolute atomic E-state index is 0.0557. The smallest absolute Gasteiger partial charge is 0.243 e. The Kier molecular flexibility index (Phi) is 6.61. The maximum absolute atomic E-state index is 12.3. The molecule has 1 fully saturated rings. The molecule has 3 rings (SSSR count). The molecule has 1 heterocycles. The van der Waals surface area contributed by atoms with Crippen LogP contribution < -0.4 is 15.4 Å². The van der Waals surface area contributed by atoms with Crippen molar-refractivity contribution in [1.82, 2.24) is 0 Å². The molecule has 2 N–H and O–H groups in total. The van der Waals surface area contributed by atoms with Crippen LogP contribution in [0.15, 0.2) is 42.5 Å². The minimum Gasteiger partial charge on any atom is -0.489 e. The number of hydrogen-bond donors (Lipinski definition) is 2. The molecule has 1 unspecified atom stereocenters. The Morgan fingerprint density at radius 3 is 2.85 bits per heavy atom. The van der Waals surface area contributed by atoms with Crippen LogP contribution in [-0.2, 0) is 9.53 Å². The number of anilines is 2. The highest BCUT2D eigenvalue weighted by molar-refractivity contribution is 6.35. The van der Waals surface area contributed by atoms with Crippen LogP contribution in [0.5, 0.6) is 5.75 Å². The molecular formula is C19H20Cl2N2O3. The Bertz CT molecular complexity index is 764. The quantitative estimate of drug-likeness (QED) is 0.719. The average molecular weight is 395 g/mol. The van der Waals surface area contributed by atoms with Gasteiger partial charge in [-0.2, -0.15) is 0 Å². The number of para-hydroxylation sites is 2. The second kappa shape index (κ2) is 9.12. The lowest BCUT2D eigenvalue weighted by molar-refractivity contribution is -0.114. The molecule has 138 valence electrons. The Balaban J connectivity index is 1.55. The van der Waals surface area contributed by atoms with E-state index in [0.717, 1.165) is 19.4 Å². The van der Waals surface area contributed by atoms with Crippen molar-refractivity contribution in [2.45, 2.75) is 18.9 Å². The Morgan fingerprint density at radius 1 is 1.19 bits per heavy atom. The lowest BCUT2D eigenvalue weighted by atomic mass is 10.2. The SMILES string of the molecule is O=C(CNc1cc(Cl)ccc1Cl)Nc1ccccc1OCC1CCCO1. The summed E-state index contributed by atoms with van der Waals surface area (Å²) in [7, 11) is 0. The van der Waals surface area contributed by atoms with Crippen LogP contribution in [0.4, 0.5) is 11.4 Å². The van der Waals surface area contributed by atoms with Crippen molar-refractivity contribution < 1.29 is 14.3 Å². The van der Waals surface area contributed by atoms with Crippen LogP contribution in [0.2, 0.25) is 10.0 Å². The number of rotatable bonds is 7. The molecule has 0 aromatic heterocycles. The lowest BCUT2D eigenvalue weighted by Gasteiger charge is -2.15. The van der Waals surface area contributed by atoms with Crippen molar-refractivity contribution in [3.05, 3.63) is 52.5 Å². The van der Waals surface area contributed by atoms with Crippen LogP contribution in [0, 0.1) is 0 Å². The summed E-state index contributed by atoms with van der Waals surface area (Å²) < 4.78 is 11.4. The Morgan fingerprint density at radius 2 is 2.04 bits per heavy atom. The number of carbonyl (C=O) groups excluding carboxylic acids is 1. The number of hydrogen-bond acceptors (Lipinski definition) is 4. The largest absolute Gasteiger partial charge is 0.489 e. The van der Waals surface area contributed by atoms with E-state index in [9.17, 15) is 4.79 Å². The van der Waals surface area contributed by atoms with Gasteiger partial charge in [0.1, 0.15) is 12.4 Å². The van der Waals surface area contributed by atoms with Crippen molar-refractivity contribution >= 4 is 40.5 Å². The van der Waals surface area contributed by atoms with Crippen molar-refractivity contribution in [2.24, 2.45) is 0 Å². The van der Waals surface area contributed by atoms with Gasteiger partial charge in [-0.25, -0.2) is 0 Å². The number of halogens is 2. The number of nitrogens with one attached hydrogen (secondary N) is 2. The van der Waals surface area contributed by atoms with Gasteiger partial charge in [-0.15, -0.1) is 0 Å². The van der Waals surface area contributed by atoms with Gasteiger partial charge in [-0.1, -0.05) is 35.3 Å². The average Bonchev–Trinajstić information content (AvgIpc) is 3.15. The summed E-state index contributed by atoms with van der Waals surface area (Å²) in [4.78, 5) is 12.3. The van der Waals surface area contributed by atoms with Gasteiger partial charge >= 0.3 is 0 Å². The van der Waals surface area contributed by atoms with Gasteiger partial charge in [-0.05, 0) is 43.2 Å². The topological polar surface area (TPSA) is 59.6 Å².